The average molecular weight is 203 g/mol. The van der Waals surface area contributed by atoms with Crippen LogP contribution < -0.4 is 5.32 Å². The van der Waals surface area contributed by atoms with E-state index in [1.807, 2.05) is 6.92 Å². The van der Waals surface area contributed by atoms with Crippen LogP contribution in [0.5, 0.6) is 0 Å². The summed E-state index contributed by atoms with van der Waals surface area (Å²) in [6.45, 7) is 2.80. The molecule has 74 valence electrons. The Labute approximate surface area is 77.9 Å². The topological polar surface area (TPSA) is 59.3 Å². The van der Waals surface area contributed by atoms with Gasteiger partial charge in [-0.1, -0.05) is 6.92 Å². The van der Waals surface area contributed by atoms with Gasteiger partial charge in [-0.25, -0.2) is 8.42 Å². The van der Waals surface area contributed by atoms with Crippen molar-refractivity contribution in [2.24, 2.45) is 0 Å². The maximum absolute atomic E-state index is 11.0. The molecule has 1 aromatic rings. The maximum atomic E-state index is 11.0. The number of furan rings is 1. The minimum absolute atomic E-state index is 0.00565. The van der Waals surface area contributed by atoms with Gasteiger partial charge in [-0.15, -0.1) is 0 Å². The summed E-state index contributed by atoms with van der Waals surface area (Å²) in [6, 6.07) is 3.07. The van der Waals surface area contributed by atoms with E-state index < -0.39 is 9.84 Å². The highest BCUT2D eigenvalue weighted by Gasteiger charge is 2.11. The first-order chi connectivity index (χ1) is 6.04. The molecule has 1 rings (SSSR count). The van der Waals surface area contributed by atoms with Crippen LogP contribution >= 0.6 is 0 Å². The van der Waals surface area contributed by atoms with Crippen LogP contribution in [0.3, 0.4) is 0 Å². The van der Waals surface area contributed by atoms with E-state index in [1.54, 1.807) is 6.07 Å². The van der Waals surface area contributed by atoms with Crippen LogP contribution in [0.4, 0.5) is 5.88 Å². The number of hydrogen-bond donors (Lipinski definition) is 1. The van der Waals surface area contributed by atoms with E-state index in [4.69, 9.17) is 4.42 Å². The Morgan fingerprint density at radius 3 is 2.62 bits per heavy atom. The Morgan fingerprint density at radius 2 is 2.15 bits per heavy atom. The first-order valence-corrected chi connectivity index (χ1v) is 5.97. The Bertz CT molecular complexity index is 366. The molecule has 1 aromatic heterocycles. The lowest BCUT2D eigenvalue weighted by atomic mass is 10.5. The first-order valence-electron chi connectivity index (χ1n) is 4.08. The zero-order chi connectivity index (χ0) is 9.90. The molecule has 1 heterocycles. The van der Waals surface area contributed by atoms with E-state index in [0.29, 0.717) is 5.88 Å². The van der Waals surface area contributed by atoms with Gasteiger partial charge >= 0.3 is 0 Å². The van der Waals surface area contributed by atoms with Gasteiger partial charge in [-0.05, 0) is 12.5 Å². The van der Waals surface area contributed by atoms with Gasteiger partial charge in [-0.2, -0.15) is 0 Å². The molecule has 0 saturated carbocycles. The first kappa shape index (κ1) is 10.1. The Hall–Kier alpha value is -0.970. The number of hydrogen-bond acceptors (Lipinski definition) is 4. The molecule has 0 fully saturated rings. The largest absolute Gasteiger partial charge is 0.429 e. The Morgan fingerprint density at radius 1 is 1.46 bits per heavy atom. The third-order valence-electron chi connectivity index (χ3n) is 1.50. The van der Waals surface area contributed by atoms with Gasteiger partial charge in [0.25, 0.3) is 0 Å². The number of nitrogens with one attached hydrogen (secondary N) is 1. The zero-order valence-corrected chi connectivity index (χ0v) is 8.52. The van der Waals surface area contributed by atoms with Gasteiger partial charge in [0.05, 0.1) is 0 Å². The molecule has 0 atom stereocenters. The zero-order valence-electron chi connectivity index (χ0n) is 7.70. The van der Waals surface area contributed by atoms with Crippen molar-refractivity contribution < 1.29 is 12.8 Å². The third kappa shape index (κ3) is 2.77. The second-order valence-electron chi connectivity index (χ2n) is 2.82. The minimum atomic E-state index is -3.21. The smallest absolute Gasteiger partial charge is 0.220 e. The van der Waals surface area contributed by atoms with Crippen molar-refractivity contribution >= 4 is 15.7 Å². The molecule has 4 nitrogen and oxygen atoms in total. The number of sulfone groups is 1. The lowest BCUT2D eigenvalue weighted by Gasteiger charge is -1.98. The second kappa shape index (κ2) is 3.83. The summed E-state index contributed by atoms with van der Waals surface area (Å²) in [5.74, 6) is 0.502. The van der Waals surface area contributed by atoms with Crippen LogP contribution in [0.1, 0.15) is 13.3 Å². The van der Waals surface area contributed by atoms with Crippen molar-refractivity contribution in [2.75, 3.05) is 18.1 Å². The highest BCUT2D eigenvalue weighted by Crippen LogP contribution is 2.17. The molecular formula is C8H13NO3S. The molecule has 0 bridgehead atoms. The van der Waals surface area contributed by atoms with Gasteiger partial charge in [0.2, 0.25) is 14.9 Å². The quantitative estimate of drug-likeness (QED) is 0.805. The van der Waals surface area contributed by atoms with E-state index >= 15 is 0 Å². The van der Waals surface area contributed by atoms with Crippen LogP contribution in [-0.2, 0) is 9.84 Å². The fraction of sp³-hybridized carbons (Fsp3) is 0.500. The molecule has 13 heavy (non-hydrogen) atoms. The monoisotopic (exact) mass is 203 g/mol. The number of rotatable bonds is 4. The Balaban J connectivity index is 2.76. The van der Waals surface area contributed by atoms with Gasteiger partial charge < -0.3 is 9.73 Å². The van der Waals surface area contributed by atoms with E-state index in [1.165, 1.54) is 6.07 Å². The van der Waals surface area contributed by atoms with Crippen molar-refractivity contribution in [3.05, 3.63) is 12.1 Å². The van der Waals surface area contributed by atoms with E-state index in [-0.39, 0.29) is 5.09 Å². The predicted molar refractivity (Wildman–Crippen MR) is 50.6 cm³/mol. The molecule has 0 spiro atoms. The summed E-state index contributed by atoms with van der Waals surface area (Å²) in [5, 5.41) is 2.96. The SMILES string of the molecule is CCCNc1ccc(S(C)(=O)=O)o1. The van der Waals surface area contributed by atoms with E-state index in [9.17, 15) is 8.42 Å². The molecule has 0 saturated heterocycles. The van der Waals surface area contributed by atoms with E-state index in [0.717, 1.165) is 19.2 Å². The minimum Gasteiger partial charge on any atom is -0.429 e. The van der Waals surface area contributed by atoms with Crippen molar-refractivity contribution in [1.82, 2.24) is 0 Å². The highest BCUT2D eigenvalue weighted by atomic mass is 32.2. The molecule has 0 amide bonds. The molecule has 0 aliphatic carbocycles. The van der Waals surface area contributed by atoms with Crippen molar-refractivity contribution in [2.45, 2.75) is 18.4 Å². The lowest BCUT2D eigenvalue weighted by Crippen LogP contribution is -1.98. The van der Waals surface area contributed by atoms with Crippen molar-refractivity contribution in [3.63, 3.8) is 0 Å². The fourth-order valence-corrected chi connectivity index (χ4v) is 1.42. The van der Waals surface area contributed by atoms with Gasteiger partial charge in [0.15, 0.2) is 5.88 Å². The Kier molecular flexibility index (Phi) is 2.98. The molecule has 0 radical (unpaired) electrons. The molecule has 0 unspecified atom stereocenters. The summed E-state index contributed by atoms with van der Waals surface area (Å²) in [7, 11) is -3.21. The second-order valence-corrected chi connectivity index (χ2v) is 4.76. The van der Waals surface area contributed by atoms with Gasteiger partial charge in [-0.3, -0.25) is 0 Å². The van der Waals surface area contributed by atoms with Crippen molar-refractivity contribution in [1.29, 1.82) is 0 Å². The fourth-order valence-electron chi connectivity index (χ4n) is 0.863. The van der Waals surface area contributed by atoms with Gasteiger partial charge in [0, 0.05) is 18.9 Å². The van der Waals surface area contributed by atoms with Crippen LogP contribution in [0.25, 0.3) is 0 Å². The summed E-state index contributed by atoms with van der Waals surface area (Å²) >= 11 is 0. The average Bonchev–Trinajstić information content (AvgIpc) is 2.47. The molecule has 5 heteroatoms. The summed E-state index contributed by atoms with van der Waals surface area (Å²) in [5.41, 5.74) is 0. The summed E-state index contributed by atoms with van der Waals surface area (Å²) in [4.78, 5) is 0. The standard InChI is InChI=1S/C8H13NO3S/c1-3-6-9-7-4-5-8(12-7)13(2,10)11/h4-5,9H,3,6H2,1-2H3. The van der Waals surface area contributed by atoms with Crippen LogP contribution in [0.2, 0.25) is 0 Å². The maximum Gasteiger partial charge on any atom is 0.220 e. The lowest BCUT2D eigenvalue weighted by molar-refractivity contribution is 0.462. The highest BCUT2D eigenvalue weighted by molar-refractivity contribution is 7.90. The molecule has 1 N–H and O–H groups in total. The van der Waals surface area contributed by atoms with Gasteiger partial charge in [0.1, 0.15) is 0 Å². The van der Waals surface area contributed by atoms with Crippen LogP contribution in [0, 0.1) is 0 Å². The summed E-state index contributed by atoms with van der Waals surface area (Å²) < 4.78 is 27.0. The molecule has 0 aliphatic rings. The van der Waals surface area contributed by atoms with Crippen LogP contribution in [-0.4, -0.2) is 21.2 Å². The normalized spacial score (nSPS) is 11.5. The van der Waals surface area contributed by atoms with E-state index in [2.05, 4.69) is 5.32 Å². The molecular weight excluding hydrogens is 190 g/mol. The summed E-state index contributed by atoms with van der Waals surface area (Å²) in [6.07, 6.45) is 2.09. The number of anilines is 1. The van der Waals surface area contributed by atoms with Crippen LogP contribution in [0.15, 0.2) is 21.6 Å². The molecule has 0 aliphatic heterocycles. The predicted octanol–water partition coefficient (Wildman–Crippen LogP) is 1.50. The molecule has 0 aromatic carbocycles. The third-order valence-corrected chi connectivity index (χ3v) is 2.45. The van der Waals surface area contributed by atoms with Crippen molar-refractivity contribution in [3.8, 4) is 0 Å².